The van der Waals surface area contributed by atoms with E-state index in [-0.39, 0.29) is 10.6 Å². The smallest absolute Gasteiger partial charge is 0.150 e. The molecule has 0 aliphatic rings. The topological polar surface area (TPSA) is 17.1 Å². The molecule has 1 aromatic carbocycles. The monoisotopic (exact) mass is 254 g/mol. The van der Waals surface area contributed by atoms with E-state index in [2.05, 4.69) is 22.9 Å². The summed E-state index contributed by atoms with van der Waals surface area (Å²) in [6, 6.07) is 9.87. The lowest BCUT2D eigenvalue weighted by molar-refractivity contribution is -0.117. The van der Waals surface area contributed by atoms with Crippen molar-refractivity contribution in [3.8, 4) is 0 Å². The molecule has 0 N–H and O–H groups in total. The van der Waals surface area contributed by atoms with E-state index in [1.807, 2.05) is 30.3 Å². The summed E-state index contributed by atoms with van der Waals surface area (Å²) in [6.45, 7) is 2.09. The largest absolute Gasteiger partial charge is 0.298 e. The number of carbonyl (C=O) groups is 1. The number of rotatable bonds is 5. The van der Waals surface area contributed by atoms with E-state index >= 15 is 0 Å². The number of hydrogen-bond donors (Lipinski definition) is 0. The number of alkyl halides is 1. The molecular weight excluding hydrogens is 240 g/mol. The van der Waals surface area contributed by atoms with Crippen LogP contribution in [0.25, 0.3) is 0 Å². The molecule has 1 atom stereocenters. The lowest BCUT2D eigenvalue weighted by atomic mass is 10.1. The van der Waals surface area contributed by atoms with Gasteiger partial charge in [-0.05, 0) is 12.0 Å². The summed E-state index contributed by atoms with van der Waals surface area (Å²) in [4.78, 5) is 11.7. The van der Waals surface area contributed by atoms with Gasteiger partial charge in [0.15, 0.2) is 5.78 Å². The zero-order valence-corrected chi connectivity index (χ0v) is 9.96. The molecule has 0 amide bonds. The highest BCUT2D eigenvalue weighted by Gasteiger charge is 2.13. The lowest BCUT2D eigenvalue weighted by Crippen LogP contribution is -2.15. The molecule has 0 bridgehead atoms. The Hall–Kier alpha value is -0.630. The van der Waals surface area contributed by atoms with E-state index in [0.717, 1.165) is 18.4 Å². The third-order valence-corrected chi connectivity index (χ3v) is 3.08. The van der Waals surface area contributed by atoms with E-state index in [1.54, 1.807) is 0 Å². The molecule has 0 aliphatic carbocycles. The highest BCUT2D eigenvalue weighted by atomic mass is 79.9. The number of benzene rings is 1. The third-order valence-electron chi connectivity index (χ3n) is 2.11. The Morgan fingerprint density at radius 2 is 2.00 bits per heavy atom. The summed E-state index contributed by atoms with van der Waals surface area (Å²) >= 11 is 3.41. The van der Waals surface area contributed by atoms with Crippen LogP contribution in [0.2, 0.25) is 0 Å². The van der Waals surface area contributed by atoms with Gasteiger partial charge in [0.05, 0.1) is 4.83 Å². The van der Waals surface area contributed by atoms with E-state index < -0.39 is 0 Å². The molecule has 76 valence electrons. The maximum Gasteiger partial charge on any atom is 0.150 e. The van der Waals surface area contributed by atoms with Gasteiger partial charge in [0.2, 0.25) is 0 Å². The molecule has 0 radical (unpaired) electrons. The number of ketones is 1. The Balaban J connectivity index is 2.49. The Morgan fingerprint density at radius 1 is 1.36 bits per heavy atom. The van der Waals surface area contributed by atoms with Crippen molar-refractivity contribution in [2.75, 3.05) is 0 Å². The molecule has 2 heteroatoms. The van der Waals surface area contributed by atoms with Gasteiger partial charge in [0, 0.05) is 6.42 Å². The Morgan fingerprint density at radius 3 is 2.57 bits per heavy atom. The van der Waals surface area contributed by atoms with Gasteiger partial charge in [0.25, 0.3) is 0 Å². The SMILES string of the molecule is CCCC(Br)C(=O)Cc1ccccc1. The molecule has 1 unspecified atom stereocenters. The lowest BCUT2D eigenvalue weighted by Gasteiger charge is -2.06. The van der Waals surface area contributed by atoms with Crippen molar-refractivity contribution in [1.82, 2.24) is 0 Å². The summed E-state index contributed by atoms with van der Waals surface area (Å²) in [7, 11) is 0. The van der Waals surface area contributed by atoms with Crippen molar-refractivity contribution in [3.63, 3.8) is 0 Å². The molecule has 0 heterocycles. The highest BCUT2D eigenvalue weighted by molar-refractivity contribution is 9.10. The number of hydrogen-bond acceptors (Lipinski definition) is 1. The first-order valence-corrected chi connectivity index (χ1v) is 5.86. The average Bonchev–Trinajstić information content (AvgIpc) is 2.19. The molecule has 1 aromatic rings. The zero-order chi connectivity index (χ0) is 10.4. The second kappa shape index (κ2) is 5.97. The number of carbonyl (C=O) groups excluding carboxylic acids is 1. The minimum absolute atomic E-state index is 0.0210. The Labute approximate surface area is 93.7 Å². The van der Waals surface area contributed by atoms with Crippen LogP contribution in [-0.2, 0) is 11.2 Å². The van der Waals surface area contributed by atoms with Gasteiger partial charge < -0.3 is 0 Å². The molecule has 1 nitrogen and oxygen atoms in total. The molecule has 14 heavy (non-hydrogen) atoms. The summed E-state index contributed by atoms with van der Waals surface area (Å²) in [5.74, 6) is 0.276. The molecule has 0 aliphatic heterocycles. The van der Waals surface area contributed by atoms with Crippen LogP contribution in [0.4, 0.5) is 0 Å². The van der Waals surface area contributed by atoms with Crippen LogP contribution < -0.4 is 0 Å². The minimum atomic E-state index is 0.0210. The van der Waals surface area contributed by atoms with Crippen molar-refractivity contribution < 1.29 is 4.79 Å². The van der Waals surface area contributed by atoms with E-state index in [9.17, 15) is 4.79 Å². The predicted molar refractivity (Wildman–Crippen MR) is 62.8 cm³/mol. The molecule has 0 aromatic heterocycles. The highest BCUT2D eigenvalue weighted by Crippen LogP contribution is 2.12. The number of halogens is 1. The van der Waals surface area contributed by atoms with Gasteiger partial charge in [-0.15, -0.1) is 0 Å². The summed E-state index contributed by atoms with van der Waals surface area (Å²) in [5, 5.41) is 0. The Bertz CT molecular complexity index is 282. The van der Waals surface area contributed by atoms with Crippen LogP contribution in [0.5, 0.6) is 0 Å². The van der Waals surface area contributed by atoms with Crippen LogP contribution in [0.3, 0.4) is 0 Å². The third kappa shape index (κ3) is 3.62. The van der Waals surface area contributed by atoms with E-state index in [1.165, 1.54) is 0 Å². The molecule has 0 saturated heterocycles. The van der Waals surface area contributed by atoms with Gasteiger partial charge in [-0.2, -0.15) is 0 Å². The predicted octanol–water partition coefficient (Wildman–Crippen LogP) is 3.36. The molecule has 1 rings (SSSR count). The van der Waals surface area contributed by atoms with E-state index in [4.69, 9.17) is 0 Å². The molecular formula is C12H15BrO. The standard InChI is InChI=1S/C12H15BrO/c1-2-6-11(13)12(14)9-10-7-4-3-5-8-10/h3-5,7-8,11H,2,6,9H2,1H3. The van der Waals surface area contributed by atoms with Crippen LogP contribution >= 0.6 is 15.9 Å². The molecule has 0 fully saturated rings. The average molecular weight is 255 g/mol. The van der Waals surface area contributed by atoms with Gasteiger partial charge >= 0.3 is 0 Å². The fourth-order valence-electron chi connectivity index (χ4n) is 1.32. The minimum Gasteiger partial charge on any atom is -0.298 e. The first-order chi connectivity index (χ1) is 6.74. The van der Waals surface area contributed by atoms with Crippen LogP contribution in [0, 0.1) is 0 Å². The fourth-order valence-corrected chi connectivity index (χ4v) is 1.94. The van der Waals surface area contributed by atoms with Crippen molar-refractivity contribution in [2.24, 2.45) is 0 Å². The van der Waals surface area contributed by atoms with Crippen LogP contribution in [-0.4, -0.2) is 10.6 Å². The van der Waals surface area contributed by atoms with Crippen LogP contribution in [0.15, 0.2) is 30.3 Å². The molecule has 0 saturated carbocycles. The van der Waals surface area contributed by atoms with Gasteiger partial charge in [-0.25, -0.2) is 0 Å². The maximum atomic E-state index is 11.7. The summed E-state index contributed by atoms with van der Waals surface area (Å²) < 4.78 is 0. The summed E-state index contributed by atoms with van der Waals surface area (Å²) in [6.07, 6.45) is 2.50. The first-order valence-electron chi connectivity index (χ1n) is 4.94. The molecule has 0 spiro atoms. The van der Waals surface area contributed by atoms with E-state index in [0.29, 0.717) is 6.42 Å². The Kier molecular flexibility index (Phi) is 4.88. The second-order valence-corrected chi connectivity index (χ2v) is 4.49. The van der Waals surface area contributed by atoms with Crippen molar-refractivity contribution >= 4 is 21.7 Å². The number of Topliss-reactive ketones (excluding diaryl/α,β-unsaturated/α-hetero) is 1. The van der Waals surface area contributed by atoms with Crippen LogP contribution in [0.1, 0.15) is 25.3 Å². The fraction of sp³-hybridized carbons (Fsp3) is 0.417. The quantitative estimate of drug-likeness (QED) is 0.737. The van der Waals surface area contributed by atoms with Crippen molar-refractivity contribution in [3.05, 3.63) is 35.9 Å². The normalized spacial score (nSPS) is 12.4. The van der Waals surface area contributed by atoms with Gasteiger partial charge in [-0.3, -0.25) is 4.79 Å². The maximum absolute atomic E-state index is 11.7. The first kappa shape index (κ1) is 11.4. The summed E-state index contributed by atoms with van der Waals surface area (Å²) in [5.41, 5.74) is 1.10. The van der Waals surface area contributed by atoms with Gasteiger partial charge in [-0.1, -0.05) is 59.6 Å². The zero-order valence-electron chi connectivity index (χ0n) is 8.37. The second-order valence-electron chi connectivity index (χ2n) is 3.38. The van der Waals surface area contributed by atoms with Gasteiger partial charge in [0.1, 0.15) is 0 Å². The van der Waals surface area contributed by atoms with Crippen molar-refractivity contribution in [2.45, 2.75) is 31.0 Å². The van der Waals surface area contributed by atoms with Crippen molar-refractivity contribution in [1.29, 1.82) is 0 Å².